The number of carboxylic acid groups (broad SMARTS) is 1. The minimum atomic E-state index is -1.45. The van der Waals surface area contributed by atoms with Crippen LogP contribution in [0.25, 0.3) is 0 Å². The van der Waals surface area contributed by atoms with Gasteiger partial charge in [0.1, 0.15) is 18.1 Å². The molecule has 14 heteroatoms. The maximum atomic E-state index is 12.8. The third-order valence-corrected chi connectivity index (χ3v) is 4.78. The van der Waals surface area contributed by atoms with E-state index in [2.05, 4.69) is 33.6 Å². The van der Waals surface area contributed by atoms with Crippen LogP contribution < -0.4 is 33.2 Å². The van der Waals surface area contributed by atoms with Gasteiger partial charge >= 0.3 is 5.97 Å². The number of hydrogen-bond donors (Lipinski definition) is 9. The first kappa shape index (κ1) is 29.4. The van der Waals surface area contributed by atoms with Crippen LogP contribution in [0.2, 0.25) is 0 Å². The lowest BCUT2D eigenvalue weighted by atomic mass is 10.0. The number of hydrogen-bond acceptors (Lipinski definition) is 8. The van der Waals surface area contributed by atoms with Gasteiger partial charge in [0, 0.05) is 12.3 Å². The second-order valence-corrected chi connectivity index (χ2v) is 7.96. The lowest BCUT2D eigenvalue weighted by Crippen LogP contribution is -2.61. The molecule has 184 valence electrons. The van der Waals surface area contributed by atoms with Gasteiger partial charge in [-0.1, -0.05) is 13.8 Å². The second-order valence-electron chi connectivity index (χ2n) is 7.59. The predicted octanol–water partition coefficient (Wildman–Crippen LogP) is -3.13. The number of aliphatic hydroxyl groups is 1. The van der Waals surface area contributed by atoms with E-state index >= 15 is 0 Å². The lowest BCUT2D eigenvalue weighted by Gasteiger charge is -2.28. The molecule has 0 heterocycles. The van der Waals surface area contributed by atoms with E-state index in [1.807, 2.05) is 0 Å². The van der Waals surface area contributed by atoms with Crippen LogP contribution in [0, 0.1) is 5.92 Å². The maximum absolute atomic E-state index is 12.8. The van der Waals surface area contributed by atoms with Crippen molar-refractivity contribution in [2.24, 2.45) is 28.1 Å². The SMILES string of the molecule is CC(C)C(NC(=O)C(N)CCCN=C(N)N)C(=O)NC(C(=O)NC(CS)C(=O)O)C(C)O. The van der Waals surface area contributed by atoms with Gasteiger partial charge in [-0.2, -0.15) is 12.6 Å². The predicted molar refractivity (Wildman–Crippen MR) is 122 cm³/mol. The van der Waals surface area contributed by atoms with Crippen molar-refractivity contribution in [3.8, 4) is 0 Å². The summed E-state index contributed by atoms with van der Waals surface area (Å²) in [7, 11) is 0. The monoisotopic (exact) mass is 477 g/mol. The van der Waals surface area contributed by atoms with Crippen molar-refractivity contribution in [2.75, 3.05) is 12.3 Å². The highest BCUT2D eigenvalue weighted by atomic mass is 32.1. The fourth-order valence-corrected chi connectivity index (χ4v) is 2.79. The summed E-state index contributed by atoms with van der Waals surface area (Å²) in [5, 5.41) is 26.1. The van der Waals surface area contributed by atoms with E-state index in [9.17, 15) is 24.3 Å². The normalized spacial score (nSPS) is 15.6. The van der Waals surface area contributed by atoms with Gasteiger partial charge in [-0.25, -0.2) is 4.79 Å². The molecule has 0 aromatic carbocycles. The van der Waals surface area contributed by atoms with Gasteiger partial charge < -0.3 is 43.4 Å². The van der Waals surface area contributed by atoms with Crippen LogP contribution in [-0.4, -0.2) is 82.4 Å². The fourth-order valence-electron chi connectivity index (χ4n) is 2.54. The highest BCUT2D eigenvalue weighted by Crippen LogP contribution is 2.06. The quantitative estimate of drug-likeness (QED) is 0.0531. The van der Waals surface area contributed by atoms with E-state index < -0.39 is 54.0 Å². The van der Waals surface area contributed by atoms with Gasteiger partial charge in [-0.15, -0.1) is 0 Å². The van der Waals surface area contributed by atoms with E-state index in [1.165, 1.54) is 6.92 Å². The van der Waals surface area contributed by atoms with Crippen molar-refractivity contribution in [2.45, 2.75) is 63.9 Å². The second kappa shape index (κ2) is 14.5. The summed E-state index contributed by atoms with van der Waals surface area (Å²) in [6.07, 6.45) is -0.617. The number of nitrogens with one attached hydrogen (secondary N) is 3. The zero-order valence-corrected chi connectivity index (χ0v) is 19.3. The summed E-state index contributed by atoms with van der Waals surface area (Å²) >= 11 is 3.85. The number of aliphatic hydroxyl groups excluding tert-OH is 1. The topological polar surface area (TPSA) is 235 Å². The standard InChI is InChI=1S/C18H35N7O6S/c1-8(2)12(24-14(27)10(19)5-4-6-22-18(20)21)15(28)25-13(9(3)26)16(29)23-11(7-32)17(30)31/h8-13,26,32H,4-7,19H2,1-3H3,(H,23,29)(H,24,27)(H,25,28)(H,30,31)(H4,20,21,22). The van der Waals surface area contributed by atoms with Crippen LogP contribution in [0.3, 0.4) is 0 Å². The minimum Gasteiger partial charge on any atom is -0.480 e. The molecule has 5 unspecified atom stereocenters. The van der Waals surface area contributed by atoms with Crippen LogP contribution in [0.4, 0.5) is 0 Å². The molecule has 3 amide bonds. The number of amides is 3. The number of aliphatic carboxylic acids is 1. The summed E-state index contributed by atoms with van der Waals surface area (Å²) in [4.78, 5) is 52.4. The molecule has 0 rings (SSSR count). The van der Waals surface area contributed by atoms with Crippen LogP contribution in [0.5, 0.6) is 0 Å². The molecule has 0 fully saturated rings. The molecular formula is C18H35N7O6S. The molecule has 0 spiro atoms. The van der Waals surface area contributed by atoms with E-state index in [4.69, 9.17) is 22.3 Å². The van der Waals surface area contributed by atoms with Gasteiger partial charge in [0.15, 0.2) is 5.96 Å². The van der Waals surface area contributed by atoms with Crippen LogP contribution in [0.15, 0.2) is 4.99 Å². The molecule has 0 bridgehead atoms. The number of rotatable bonds is 14. The molecule has 13 nitrogen and oxygen atoms in total. The summed E-state index contributed by atoms with van der Waals surface area (Å²) < 4.78 is 0. The maximum Gasteiger partial charge on any atom is 0.327 e. The van der Waals surface area contributed by atoms with Gasteiger partial charge in [-0.3, -0.25) is 19.4 Å². The first-order chi connectivity index (χ1) is 14.8. The molecular weight excluding hydrogens is 442 g/mol. The molecule has 32 heavy (non-hydrogen) atoms. The minimum absolute atomic E-state index is 0.0692. The average molecular weight is 478 g/mol. The molecule has 0 aromatic rings. The Bertz CT molecular complexity index is 685. The Hall–Kier alpha value is -2.58. The molecule has 0 aromatic heterocycles. The van der Waals surface area contributed by atoms with E-state index in [1.54, 1.807) is 13.8 Å². The molecule has 0 aliphatic rings. The Morgan fingerprint density at radius 3 is 1.94 bits per heavy atom. The summed E-state index contributed by atoms with van der Waals surface area (Å²) in [6.45, 7) is 4.91. The largest absolute Gasteiger partial charge is 0.480 e. The number of guanidine groups is 1. The summed E-state index contributed by atoms with van der Waals surface area (Å²) in [6, 6.07) is -4.72. The molecule has 0 saturated carbocycles. The number of aliphatic imine (C=N–C) groups is 1. The number of carbonyl (C=O) groups excluding carboxylic acids is 3. The first-order valence-corrected chi connectivity index (χ1v) is 10.7. The Balaban J connectivity index is 5.14. The van der Waals surface area contributed by atoms with Crippen molar-refractivity contribution in [3.05, 3.63) is 0 Å². The zero-order valence-electron chi connectivity index (χ0n) is 18.4. The highest BCUT2D eigenvalue weighted by Gasteiger charge is 2.33. The molecule has 0 radical (unpaired) electrons. The van der Waals surface area contributed by atoms with Crippen molar-refractivity contribution in [3.63, 3.8) is 0 Å². The van der Waals surface area contributed by atoms with E-state index in [0.29, 0.717) is 13.0 Å². The zero-order chi connectivity index (χ0) is 25.0. The van der Waals surface area contributed by atoms with E-state index in [-0.39, 0.29) is 24.1 Å². The third kappa shape index (κ3) is 10.6. The van der Waals surface area contributed by atoms with Gasteiger partial charge in [-0.05, 0) is 25.7 Å². The van der Waals surface area contributed by atoms with Gasteiger partial charge in [0.2, 0.25) is 17.7 Å². The Morgan fingerprint density at radius 2 is 1.50 bits per heavy atom. The van der Waals surface area contributed by atoms with Crippen LogP contribution >= 0.6 is 12.6 Å². The van der Waals surface area contributed by atoms with Crippen molar-refractivity contribution >= 4 is 42.3 Å². The van der Waals surface area contributed by atoms with Crippen molar-refractivity contribution in [1.82, 2.24) is 16.0 Å². The Labute approximate surface area is 192 Å². The smallest absolute Gasteiger partial charge is 0.327 e. The van der Waals surface area contributed by atoms with Crippen LogP contribution in [0.1, 0.15) is 33.6 Å². The molecule has 5 atom stereocenters. The molecule has 0 aliphatic heterocycles. The molecule has 11 N–H and O–H groups in total. The lowest BCUT2D eigenvalue weighted by molar-refractivity contribution is -0.142. The first-order valence-electron chi connectivity index (χ1n) is 10.1. The van der Waals surface area contributed by atoms with Gasteiger partial charge in [0.25, 0.3) is 0 Å². The summed E-state index contributed by atoms with van der Waals surface area (Å²) in [5.41, 5.74) is 16.3. The average Bonchev–Trinajstić information content (AvgIpc) is 2.69. The van der Waals surface area contributed by atoms with Gasteiger partial charge in [0.05, 0.1) is 12.1 Å². The van der Waals surface area contributed by atoms with Crippen LogP contribution in [-0.2, 0) is 19.2 Å². The number of thiol groups is 1. The van der Waals surface area contributed by atoms with Crippen molar-refractivity contribution in [1.29, 1.82) is 0 Å². The third-order valence-electron chi connectivity index (χ3n) is 4.41. The number of carboxylic acids is 1. The molecule has 0 aliphatic carbocycles. The number of nitrogens with two attached hydrogens (primary N) is 3. The Morgan fingerprint density at radius 1 is 0.969 bits per heavy atom. The Kier molecular flexibility index (Phi) is 13.3. The summed E-state index contributed by atoms with van der Waals surface area (Å²) in [5.74, 6) is -4.17. The van der Waals surface area contributed by atoms with Crippen molar-refractivity contribution < 1.29 is 29.4 Å². The van der Waals surface area contributed by atoms with E-state index in [0.717, 1.165) is 0 Å². The number of carbonyl (C=O) groups is 4. The number of nitrogens with zero attached hydrogens (tertiary/aromatic N) is 1. The highest BCUT2D eigenvalue weighted by molar-refractivity contribution is 7.80. The molecule has 0 saturated heterocycles. The fraction of sp³-hybridized carbons (Fsp3) is 0.722.